The summed E-state index contributed by atoms with van der Waals surface area (Å²) in [5.74, 6) is 0.306. The minimum atomic E-state index is -1.13. The number of aryl methyl sites for hydroxylation is 1. The molecule has 3 aliphatic rings. The summed E-state index contributed by atoms with van der Waals surface area (Å²) in [6.45, 7) is 5.88. The van der Waals surface area contributed by atoms with Crippen LogP contribution in [0.15, 0.2) is 24.3 Å². The Balaban J connectivity index is 1.34. The highest BCUT2D eigenvalue weighted by Gasteiger charge is 2.49. The summed E-state index contributed by atoms with van der Waals surface area (Å²) in [4.78, 5) is 41.1. The van der Waals surface area contributed by atoms with E-state index in [0.717, 1.165) is 41.3 Å². The van der Waals surface area contributed by atoms with E-state index >= 15 is 0 Å². The average molecular weight is 399 g/mol. The molecule has 1 saturated carbocycles. The highest BCUT2D eigenvalue weighted by Crippen LogP contribution is 2.29. The first-order chi connectivity index (χ1) is 13.9. The van der Waals surface area contributed by atoms with Gasteiger partial charge in [-0.25, -0.2) is 4.79 Å². The normalized spacial score (nSPS) is 25.4. The van der Waals surface area contributed by atoms with Gasteiger partial charge in [-0.3, -0.25) is 14.5 Å². The molecular weight excluding hydrogens is 368 g/mol. The second-order valence-electron chi connectivity index (χ2n) is 8.82. The van der Waals surface area contributed by atoms with Crippen molar-refractivity contribution in [1.82, 2.24) is 20.4 Å². The maximum Gasteiger partial charge on any atom is 0.325 e. The number of hydrogen-bond acceptors (Lipinski definition) is 4. The predicted molar refractivity (Wildman–Crippen MR) is 109 cm³/mol. The van der Waals surface area contributed by atoms with Crippen LogP contribution >= 0.6 is 0 Å². The first-order valence-electron chi connectivity index (χ1n) is 10.6. The number of carbonyl (C=O) groups is 3. The van der Waals surface area contributed by atoms with Gasteiger partial charge in [0.2, 0.25) is 5.91 Å². The van der Waals surface area contributed by atoms with Gasteiger partial charge in [0.05, 0.1) is 0 Å². The van der Waals surface area contributed by atoms with E-state index in [1.165, 1.54) is 12.8 Å². The molecule has 29 heavy (non-hydrogen) atoms. The van der Waals surface area contributed by atoms with Gasteiger partial charge in [-0.05, 0) is 57.6 Å². The molecule has 1 unspecified atom stereocenters. The second kappa shape index (κ2) is 7.78. The van der Waals surface area contributed by atoms with Gasteiger partial charge in [0.15, 0.2) is 0 Å². The number of carbonyl (C=O) groups excluding carboxylic acids is 3. The SMILES string of the molecule is Cc1ccc(C2(C)NC(=O)N(CC(=O)N3CCC(NCC4CC4)CC3)C2=O)cc1. The molecule has 7 nitrogen and oxygen atoms in total. The molecule has 2 aliphatic heterocycles. The van der Waals surface area contributed by atoms with Gasteiger partial charge in [0.1, 0.15) is 12.1 Å². The van der Waals surface area contributed by atoms with E-state index in [2.05, 4.69) is 10.6 Å². The Hall–Kier alpha value is -2.41. The van der Waals surface area contributed by atoms with Crippen LogP contribution in [-0.4, -0.2) is 59.9 Å². The third kappa shape index (κ3) is 4.15. The van der Waals surface area contributed by atoms with Crippen LogP contribution < -0.4 is 10.6 Å². The molecule has 0 radical (unpaired) electrons. The molecule has 0 aromatic heterocycles. The van der Waals surface area contributed by atoms with Gasteiger partial charge >= 0.3 is 6.03 Å². The quantitative estimate of drug-likeness (QED) is 0.716. The van der Waals surface area contributed by atoms with Gasteiger partial charge in [0.25, 0.3) is 5.91 Å². The predicted octanol–water partition coefficient (Wildman–Crippen LogP) is 1.75. The van der Waals surface area contributed by atoms with E-state index in [-0.39, 0.29) is 18.4 Å². The average Bonchev–Trinajstić information content (AvgIpc) is 3.51. The fraction of sp³-hybridized carbons (Fsp3) is 0.591. The molecular formula is C22H30N4O3. The number of nitrogens with zero attached hydrogens (tertiary/aromatic N) is 2. The lowest BCUT2D eigenvalue weighted by Gasteiger charge is -2.33. The van der Waals surface area contributed by atoms with Crippen LogP contribution in [-0.2, 0) is 15.1 Å². The number of nitrogens with one attached hydrogen (secondary N) is 2. The van der Waals surface area contributed by atoms with Crippen LogP contribution in [0.25, 0.3) is 0 Å². The number of rotatable bonds is 6. The van der Waals surface area contributed by atoms with Crippen LogP contribution in [0, 0.1) is 12.8 Å². The summed E-state index contributed by atoms with van der Waals surface area (Å²) in [5, 5.41) is 6.37. The van der Waals surface area contributed by atoms with E-state index in [0.29, 0.717) is 19.1 Å². The summed E-state index contributed by atoms with van der Waals surface area (Å²) < 4.78 is 0. The third-order valence-corrected chi connectivity index (χ3v) is 6.44. The molecule has 0 bridgehead atoms. The van der Waals surface area contributed by atoms with Crippen molar-refractivity contribution < 1.29 is 14.4 Å². The Kier molecular flexibility index (Phi) is 5.34. The summed E-state index contributed by atoms with van der Waals surface area (Å²) in [7, 11) is 0. The van der Waals surface area contributed by atoms with E-state index in [9.17, 15) is 14.4 Å². The molecule has 1 aromatic carbocycles. The lowest BCUT2D eigenvalue weighted by atomic mass is 9.91. The number of hydrogen-bond donors (Lipinski definition) is 2. The maximum absolute atomic E-state index is 13.0. The number of likely N-dealkylation sites (tertiary alicyclic amines) is 1. The molecule has 2 N–H and O–H groups in total. The second-order valence-corrected chi connectivity index (χ2v) is 8.82. The zero-order valence-electron chi connectivity index (χ0n) is 17.2. The Morgan fingerprint density at radius 1 is 1.14 bits per heavy atom. The monoisotopic (exact) mass is 398 g/mol. The van der Waals surface area contributed by atoms with Crippen molar-refractivity contribution in [3.8, 4) is 0 Å². The highest BCUT2D eigenvalue weighted by atomic mass is 16.2. The molecule has 156 valence electrons. The zero-order valence-corrected chi connectivity index (χ0v) is 17.2. The zero-order chi connectivity index (χ0) is 20.6. The molecule has 1 aliphatic carbocycles. The van der Waals surface area contributed by atoms with Crippen molar-refractivity contribution in [2.75, 3.05) is 26.2 Å². The maximum atomic E-state index is 13.0. The lowest BCUT2D eigenvalue weighted by Crippen LogP contribution is -2.49. The molecule has 1 aromatic rings. The van der Waals surface area contributed by atoms with Gasteiger partial charge in [0, 0.05) is 19.1 Å². The fourth-order valence-corrected chi connectivity index (χ4v) is 4.15. The van der Waals surface area contributed by atoms with E-state index in [4.69, 9.17) is 0 Å². The van der Waals surface area contributed by atoms with Crippen LogP contribution in [0.1, 0.15) is 43.7 Å². The summed E-state index contributed by atoms with van der Waals surface area (Å²) in [5.41, 5.74) is 0.667. The standard InChI is InChI=1S/C22H30N4O3/c1-15-3-7-17(8-4-15)22(2)20(28)26(21(29)24-22)14-19(27)25-11-9-18(10-12-25)23-13-16-5-6-16/h3-4,7-8,16,18,23H,5-6,9-14H2,1-2H3,(H,24,29). The molecule has 7 heteroatoms. The Morgan fingerprint density at radius 2 is 1.79 bits per heavy atom. The van der Waals surface area contributed by atoms with Crippen LogP contribution in [0.3, 0.4) is 0 Å². The van der Waals surface area contributed by atoms with Crippen molar-refractivity contribution in [3.63, 3.8) is 0 Å². The number of imide groups is 1. The third-order valence-electron chi connectivity index (χ3n) is 6.44. The van der Waals surface area contributed by atoms with Crippen molar-refractivity contribution in [1.29, 1.82) is 0 Å². The van der Waals surface area contributed by atoms with Crippen molar-refractivity contribution in [3.05, 3.63) is 35.4 Å². The summed E-state index contributed by atoms with van der Waals surface area (Å²) in [6.07, 6.45) is 4.49. The largest absolute Gasteiger partial charge is 0.341 e. The van der Waals surface area contributed by atoms with E-state index in [1.54, 1.807) is 11.8 Å². The van der Waals surface area contributed by atoms with Gasteiger partial charge in [-0.2, -0.15) is 0 Å². The van der Waals surface area contributed by atoms with E-state index in [1.807, 2.05) is 31.2 Å². The number of urea groups is 1. The fourth-order valence-electron chi connectivity index (χ4n) is 4.15. The molecule has 3 fully saturated rings. The summed E-state index contributed by atoms with van der Waals surface area (Å²) >= 11 is 0. The Morgan fingerprint density at radius 3 is 2.41 bits per heavy atom. The van der Waals surface area contributed by atoms with Crippen LogP contribution in [0.2, 0.25) is 0 Å². The first-order valence-corrected chi connectivity index (χ1v) is 10.6. The van der Waals surface area contributed by atoms with Gasteiger partial charge < -0.3 is 15.5 Å². The lowest BCUT2D eigenvalue weighted by molar-refractivity contribution is -0.139. The molecule has 4 amide bonds. The Labute approximate surface area is 171 Å². The molecule has 1 atom stereocenters. The molecule has 4 rings (SSSR count). The number of piperidine rings is 1. The molecule has 0 spiro atoms. The highest BCUT2D eigenvalue weighted by molar-refractivity contribution is 6.09. The Bertz CT molecular complexity index is 797. The van der Waals surface area contributed by atoms with E-state index < -0.39 is 11.6 Å². The smallest absolute Gasteiger partial charge is 0.325 e. The van der Waals surface area contributed by atoms with Crippen LogP contribution in [0.5, 0.6) is 0 Å². The van der Waals surface area contributed by atoms with Crippen molar-refractivity contribution >= 4 is 17.8 Å². The first kappa shape index (κ1) is 19.9. The van der Waals surface area contributed by atoms with Gasteiger partial charge in [-0.15, -0.1) is 0 Å². The molecule has 2 heterocycles. The number of amides is 4. The van der Waals surface area contributed by atoms with Crippen molar-refractivity contribution in [2.45, 2.75) is 51.1 Å². The minimum Gasteiger partial charge on any atom is -0.341 e. The summed E-state index contributed by atoms with van der Waals surface area (Å²) in [6, 6.07) is 7.47. The number of benzene rings is 1. The topological polar surface area (TPSA) is 81.8 Å². The minimum absolute atomic E-state index is 0.165. The van der Waals surface area contributed by atoms with Gasteiger partial charge in [-0.1, -0.05) is 29.8 Å². The molecule has 2 saturated heterocycles. The van der Waals surface area contributed by atoms with Crippen LogP contribution in [0.4, 0.5) is 4.79 Å². The van der Waals surface area contributed by atoms with Crippen molar-refractivity contribution in [2.24, 2.45) is 5.92 Å².